The fourth-order valence-electron chi connectivity index (χ4n) is 2.48. The van der Waals surface area contributed by atoms with Gasteiger partial charge in [-0.1, -0.05) is 30.3 Å². The largest absolute Gasteiger partial charge is 0.493 e. The molecule has 130 valence electrons. The van der Waals surface area contributed by atoms with E-state index in [1.165, 1.54) is 0 Å². The third kappa shape index (κ3) is 4.49. The molecule has 0 aliphatic carbocycles. The normalized spacial score (nSPS) is 12.7. The lowest BCUT2D eigenvalue weighted by molar-refractivity contribution is 0.354. The Kier molecular flexibility index (Phi) is 5.85. The van der Waals surface area contributed by atoms with Crippen LogP contribution in [-0.2, 0) is 15.8 Å². The highest BCUT2D eigenvalue weighted by molar-refractivity contribution is 7.88. The fraction of sp³-hybridized carbons (Fsp3) is 0.333. The lowest BCUT2D eigenvalue weighted by Crippen LogP contribution is -2.28. The van der Waals surface area contributed by atoms with E-state index < -0.39 is 10.0 Å². The van der Waals surface area contributed by atoms with Crippen LogP contribution in [0.2, 0.25) is 0 Å². The molecule has 0 radical (unpaired) electrons. The second-order valence-corrected chi connectivity index (χ2v) is 7.39. The molecule has 2 aromatic carbocycles. The molecular formula is C18H23NO4S. The summed E-state index contributed by atoms with van der Waals surface area (Å²) in [4.78, 5) is 0. The molecule has 0 aliphatic heterocycles. The Balaban J connectivity index is 2.16. The van der Waals surface area contributed by atoms with E-state index in [-0.39, 0.29) is 11.8 Å². The fourth-order valence-corrected chi connectivity index (χ4v) is 3.97. The summed E-state index contributed by atoms with van der Waals surface area (Å²) in [7, 11) is -0.350. The number of sulfonamides is 1. The Morgan fingerprint density at radius 2 is 1.71 bits per heavy atom. The number of methoxy groups -OCH3 is 2. The molecule has 0 fully saturated rings. The summed E-state index contributed by atoms with van der Waals surface area (Å²) in [6.07, 6.45) is 0. The van der Waals surface area contributed by atoms with Crippen molar-refractivity contribution < 1.29 is 17.9 Å². The van der Waals surface area contributed by atoms with Gasteiger partial charge in [0, 0.05) is 6.04 Å². The molecule has 1 N–H and O–H groups in total. The number of rotatable bonds is 7. The topological polar surface area (TPSA) is 64.6 Å². The predicted octanol–water partition coefficient (Wildman–Crippen LogP) is 3.19. The average Bonchev–Trinajstić information content (AvgIpc) is 2.55. The molecule has 0 spiro atoms. The SMILES string of the molecule is COc1ccc(C(C)NS(=O)(=O)Cc2ccccc2C)cc1OC. The van der Waals surface area contributed by atoms with E-state index in [4.69, 9.17) is 9.47 Å². The molecule has 0 heterocycles. The van der Waals surface area contributed by atoms with Crippen molar-refractivity contribution >= 4 is 10.0 Å². The Hall–Kier alpha value is -2.05. The highest BCUT2D eigenvalue weighted by atomic mass is 32.2. The van der Waals surface area contributed by atoms with Gasteiger partial charge in [-0.2, -0.15) is 0 Å². The van der Waals surface area contributed by atoms with Gasteiger partial charge >= 0.3 is 0 Å². The van der Waals surface area contributed by atoms with Gasteiger partial charge < -0.3 is 9.47 Å². The third-order valence-electron chi connectivity index (χ3n) is 3.87. The Labute approximate surface area is 143 Å². The van der Waals surface area contributed by atoms with Crippen molar-refractivity contribution in [3.05, 3.63) is 59.2 Å². The van der Waals surface area contributed by atoms with Gasteiger partial charge in [0.2, 0.25) is 10.0 Å². The van der Waals surface area contributed by atoms with Gasteiger partial charge in [0.15, 0.2) is 11.5 Å². The Bertz CT molecular complexity index is 802. The number of nitrogens with one attached hydrogen (secondary N) is 1. The molecule has 1 atom stereocenters. The molecular weight excluding hydrogens is 326 g/mol. The predicted molar refractivity (Wildman–Crippen MR) is 94.9 cm³/mol. The highest BCUT2D eigenvalue weighted by Crippen LogP contribution is 2.30. The van der Waals surface area contributed by atoms with Crippen LogP contribution < -0.4 is 14.2 Å². The number of ether oxygens (including phenoxy) is 2. The highest BCUT2D eigenvalue weighted by Gasteiger charge is 2.18. The van der Waals surface area contributed by atoms with Crippen molar-refractivity contribution in [3.63, 3.8) is 0 Å². The van der Waals surface area contributed by atoms with Gasteiger partial charge in [0.05, 0.1) is 20.0 Å². The molecule has 24 heavy (non-hydrogen) atoms. The van der Waals surface area contributed by atoms with Gasteiger partial charge in [-0.15, -0.1) is 0 Å². The molecule has 1 unspecified atom stereocenters. The lowest BCUT2D eigenvalue weighted by Gasteiger charge is -2.17. The third-order valence-corrected chi connectivity index (χ3v) is 5.27. The van der Waals surface area contributed by atoms with Gasteiger partial charge in [-0.3, -0.25) is 0 Å². The van der Waals surface area contributed by atoms with Crippen molar-refractivity contribution in [3.8, 4) is 11.5 Å². The minimum Gasteiger partial charge on any atom is -0.493 e. The zero-order chi connectivity index (χ0) is 17.7. The quantitative estimate of drug-likeness (QED) is 0.834. The molecule has 0 saturated heterocycles. The van der Waals surface area contributed by atoms with E-state index in [1.54, 1.807) is 33.3 Å². The summed E-state index contributed by atoms with van der Waals surface area (Å²) < 4.78 is 38.1. The van der Waals surface area contributed by atoms with Crippen molar-refractivity contribution in [2.24, 2.45) is 0 Å². The van der Waals surface area contributed by atoms with E-state index in [1.807, 2.05) is 37.3 Å². The van der Waals surface area contributed by atoms with E-state index >= 15 is 0 Å². The molecule has 0 aromatic heterocycles. The molecule has 2 rings (SSSR count). The van der Waals surface area contributed by atoms with Crippen LogP contribution in [0.25, 0.3) is 0 Å². The number of benzene rings is 2. The van der Waals surface area contributed by atoms with E-state index in [0.717, 1.165) is 16.7 Å². The van der Waals surface area contributed by atoms with Crippen LogP contribution in [0.5, 0.6) is 11.5 Å². The van der Waals surface area contributed by atoms with Crippen LogP contribution in [0.15, 0.2) is 42.5 Å². The van der Waals surface area contributed by atoms with Gasteiger partial charge in [0.25, 0.3) is 0 Å². The maximum Gasteiger partial charge on any atom is 0.216 e. The van der Waals surface area contributed by atoms with E-state index in [2.05, 4.69) is 4.72 Å². The van der Waals surface area contributed by atoms with Crippen LogP contribution >= 0.6 is 0 Å². The summed E-state index contributed by atoms with van der Waals surface area (Å²) in [5.41, 5.74) is 2.56. The first-order chi connectivity index (χ1) is 11.4. The Morgan fingerprint density at radius 1 is 1.04 bits per heavy atom. The summed E-state index contributed by atoms with van der Waals surface area (Å²) in [6, 6.07) is 12.5. The molecule has 0 amide bonds. The van der Waals surface area contributed by atoms with E-state index in [0.29, 0.717) is 11.5 Å². The molecule has 2 aromatic rings. The second kappa shape index (κ2) is 7.68. The zero-order valence-corrected chi connectivity index (χ0v) is 15.2. The number of hydrogen-bond donors (Lipinski definition) is 1. The van der Waals surface area contributed by atoms with Gasteiger partial charge in [-0.05, 0) is 42.7 Å². The molecule has 0 saturated carbocycles. The summed E-state index contributed by atoms with van der Waals surface area (Å²) in [5.74, 6) is 1.13. The minimum absolute atomic E-state index is 0.0443. The standard InChI is InChI=1S/C18H23NO4S/c1-13-7-5-6-8-16(13)12-24(20,21)19-14(2)15-9-10-17(22-3)18(11-15)23-4/h5-11,14,19H,12H2,1-4H3. The first-order valence-electron chi connectivity index (χ1n) is 7.62. The molecule has 0 aliphatic rings. The zero-order valence-electron chi connectivity index (χ0n) is 14.4. The van der Waals surface area contributed by atoms with Crippen LogP contribution in [0.4, 0.5) is 0 Å². The molecule has 6 heteroatoms. The van der Waals surface area contributed by atoms with Crippen molar-refractivity contribution in [2.75, 3.05) is 14.2 Å². The first kappa shape index (κ1) is 18.3. The first-order valence-corrected chi connectivity index (χ1v) is 9.28. The maximum atomic E-state index is 12.4. The summed E-state index contributed by atoms with van der Waals surface area (Å²) >= 11 is 0. The van der Waals surface area contributed by atoms with Crippen LogP contribution in [0, 0.1) is 6.92 Å². The maximum absolute atomic E-state index is 12.4. The van der Waals surface area contributed by atoms with Crippen molar-refractivity contribution in [2.45, 2.75) is 25.6 Å². The van der Waals surface area contributed by atoms with Gasteiger partial charge in [0.1, 0.15) is 0 Å². The van der Waals surface area contributed by atoms with E-state index in [9.17, 15) is 8.42 Å². The average molecular weight is 349 g/mol. The van der Waals surface area contributed by atoms with Crippen LogP contribution in [-0.4, -0.2) is 22.6 Å². The number of aryl methyl sites for hydroxylation is 1. The van der Waals surface area contributed by atoms with Crippen molar-refractivity contribution in [1.82, 2.24) is 4.72 Å². The monoisotopic (exact) mass is 349 g/mol. The molecule has 0 bridgehead atoms. The van der Waals surface area contributed by atoms with Crippen LogP contribution in [0.3, 0.4) is 0 Å². The minimum atomic E-state index is -3.46. The molecule has 5 nitrogen and oxygen atoms in total. The lowest BCUT2D eigenvalue weighted by atomic mass is 10.1. The Morgan fingerprint density at radius 3 is 2.33 bits per heavy atom. The number of hydrogen-bond acceptors (Lipinski definition) is 4. The van der Waals surface area contributed by atoms with Crippen molar-refractivity contribution in [1.29, 1.82) is 0 Å². The second-order valence-electron chi connectivity index (χ2n) is 5.64. The van der Waals surface area contributed by atoms with Gasteiger partial charge in [-0.25, -0.2) is 13.1 Å². The summed E-state index contributed by atoms with van der Waals surface area (Å²) in [6.45, 7) is 3.71. The smallest absolute Gasteiger partial charge is 0.216 e. The summed E-state index contributed by atoms with van der Waals surface area (Å²) in [5, 5.41) is 0. The van der Waals surface area contributed by atoms with Crippen LogP contribution in [0.1, 0.15) is 29.7 Å².